The molecular weight excluding hydrogens is 470 g/mol. The lowest BCUT2D eigenvalue weighted by atomic mass is 9.98. The third kappa shape index (κ3) is 13.4. The number of nitrogens with two attached hydrogens (primary N) is 4. The molecule has 0 bridgehead atoms. The molecule has 4 amide bonds. The molecule has 0 spiro atoms. The van der Waals surface area contributed by atoms with Crippen molar-refractivity contribution in [3.05, 3.63) is 0 Å². The van der Waals surface area contributed by atoms with Gasteiger partial charge in [-0.25, -0.2) is 4.79 Å². The maximum atomic E-state index is 13.1. The molecule has 5 unspecified atom stereocenters. The first-order valence-corrected chi connectivity index (χ1v) is 12.6. The van der Waals surface area contributed by atoms with E-state index >= 15 is 0 Å². The summed E-state index contributed by atoms with van der Waals surface area (Å²) in [6.45, 7) is 4.33. The summed E-state index contributed by atoms with van der Waals surface area (Å²) in [5, 5.41) is 17.3. The normalized spacial score (nSPS) is 15.1. The molecule has 0 aliphatic carbocycles. The molecule has 36 heavy (non-hydrogen) atoms. The van der Waals surface area contributed by atoms with Crippen LogP contribution in [0.1, 0.15) is 71.6 Å². The van der Waals surface area contributed by atoms with Gasteiger partial charge < -0.3 is 44.0 Å². The number of hydrogen-bond acceptors (Lipinski definition) is 8. The Morgan fingerprint density at radius 3 is 1.67 bits per heavy atom. The number of carbonyl (C=O) groups excluding carboxylic acids is 4. The Morgan fingerprint density at radius 2 is 1.25 bits per heavy atom. The van der Waals surface area contributed by atoms with Gasteiger partial charge in [0.2, 0.25) is 23.6 Å². The number of nitrogens with one attached hydrogen (secondary N) is 3. The van der Waals surface area contributed by atoms with Crippen LogP contribution in [0, 0.1) is 5.92 Å². The number of carbonyl (C=O) groups is 5. The summed E-state index contributed by atoms with van der Waals surface area (Å²) in [6, 6.07) is -4.18. The molecule has 13 heteroatoms. The second kappa shape index (κ2) is 18.5. The van der Waals surface area contributed by atoms with Gasteiger partial charge in [0, 0.05) is 6.42 Å². The van der Waals surface area contributed by atoms with Crippen LogP contribution in [-0.4, -0.2) is 72.0 Å². The molecule has 0 saturated heterocycles. The molecule has 0 fully saturated rings. The first-order valence-electron chi connectivity index (χ1n) is 12.6. The number of amides is 4. The average Bonchev–Trinajstić information content (AvgIpc) is 2.83. The molecule has 0 aromatic heterocycles. The zero-order chi connectivity index (χ0) is 27.7. The van der Waals surface area contributed by atoms with Gasteiger partial charge in [-0.2, -0.15) is 0 Å². The van der Waals surface area contributed by atoms with Crippen LogP contribution in [0.25, 0.3) is 0 Å². The van der Waals surface area contributed by atoms with Crippen molar-refractivity contribution in [2.45, 2.75) is 95.8 Å². The summed E-state index contributed by atoms with van der Waals surface area (Å²) >= 11 is 0. The number of hydrogen-bond donors (Lipinski definition) is 8. The number of rotatable bonds is 20. The van der Waals surface area contributed by atoms with Crippen LogP contribution in [0.4, 0.5) is 0 Å². The molecule has 13 nitrogen and oxygen atoms in total. The zero-order valence-electron chi connectivity index (χ0n) is 21.5. The molecule has 12 N–H and O–H groups in total. The van der Waals surface area contributed by atoms with E-state index in [9.17, 15) is 29.1 Å². The number of unbranched alkanes of at least 4 members (excludes halogenated alkanes) is 2. The van der Waals surface area contributed by atoms with Crippen molar-refractivity contribution >= 4 is 29.6 Å². The number of aliphatic carboxylic acids is 1. The van der Waals surface area contributed by atoms with Gasteiger partial charge in [-0.15, -0.1) is 0 Å². The van der Waals surface area contributed by atoms with Crippen LogP contribution in [0.3, 0.4) is 0 Å². The molecule has 0 rings (SSSR count). The van der Waals surface area contributed by atoms with E-state index in [1.165, 1.54) is 0 Å². The van der Waals surface area contributed by atoms with E-state index in [1.807, 2.05) is 6.92 Å². The maximum Gasteiger partial charge on any atom is 0.326 e. The SMILES string of the molecule is CCC(C)C(NC(=O)C(CCCCN)NC(=O)C(CCCCN)NC(=O)C(N)CCC(N)=O)C(=O)O. The highest BCUT2D eigenvalue weighted by atomic mass is 16.4. The summed E-state index contributed by atoms with van der Waals surface area (Å²) < 4.78 is 0. The topological polar surface area (TPSA) is 246 Å². The van der Waals surface area contributed by atoms with Gasteiger partial charge in [0.15, 0.2) is 0 Å². The molecule has 0 radical (unpaired) electrons. The summed E-state index contributed by atoms with van der Waals surface area (Å²) in [7, 11) is 0. The van der Waals surface area contributed by atoms with Gasteiger partial charge in [-0.05, 0) is 64.0 Å². The fourth-order valence-corrected chi connectivity index (χ4v) is 3.44. The van der Waals surface area contributed by atoms with E-state index in [2.05, 4.69) is 16.0 Å². The lowest BCUT2D eigenvalue weighted by molar-refractivity contribution is -0.144. The maximum absolute atomic E-state index is 13.1. The van der Waals surface area contributed by atoms with Crippen molar-refractivity contribution < 1.29 is 29.1 Å². The van der Waals surface area contributed by atoms with Crippen LogP contribution in [0.5, 0.6) is 0 Å². The van der Waals surface area contributed by atoms with Crippen molar-refractivity contribution in [1.82, 2.24) is 16.0 Å². The first-order chi connectivity index (χ1) is 17.0. The third-order valence-corrected chi connectivity index (χ3v) is 5.98. The highest BCUT2D eigenvalue weighted by Gasteiger charge is 2.31. The largest absolute Gasteiger partial charge is 0.480 e. The quantitative estimate of drug-likeness (QED) is 0.0870. The summed E-state index contributed by atoms with van der Waals surface area (Å²) in [4.78, 5) is 61.3. The first kappa shape index (κ1) is 33.2. The predicted molar refractivity (Wildman–Crippen MR) is 135 cm³/mol. The van der Waals surface area contributed by atoms with Crippen molar-refractivity contribution in [3.8, 4) is 0 Å². The Morgan fingerprint density at radius 1 is 0.778 bits per heavy atom. The van der Waals surface area contributed by atoms with Crippen molar-refractivity contribution in [2.24, 2.45) is 28.9 Å². The Bertz CT molecular complexity index is 721. The third-order valence-electron chi connectivity index (χ3n) is 5.98. The minimum atomic E-state index is -1.17. The van der Waals surface area contributed by atoms with E-state index in [1.54, 1.807) is 6.92 Å². The van der Waals surface area contributed by atoms with Gasteiger partial charge >= 0.3 is 5.97 Å². The molecule has 0 saturated carbocycles. The molecule has 0 aromatic carbocycles. The highest BCUT2D eigenvalue weighted by Crippen LogP contribution is 2.10. The van der Waals surface area contributed by atoms with Crippen LogP contribution in [0.2, 0.25) is 0 Å². The van der Waals surface area contributed by atoms with Gasteiger partial charge in [0.25, 0.3) is 0 Å². The van der Waals surface area contributed by atoms with E-state index in [4.69, 9.17) is 22.9 Å². The predicted octanol–water partition coefficient (Wildman–Crippen LogP) is -1.58. The Labute approximate surface area is 212 Å². The van der Waals surface area contributed by atoms with E-state index in [-0.39, 0.29) is 31.6 Å². The minimum absolute atomic E-state index is 0.0224. The molecule has 0 aliphatic heterocycles. The Balaban J connectivity index is 5.55. The molecule has 208 valence electrons. The minimum Gasteiger partial charge on any atom is -0.480 e. The molecular formula is C23H45N7O6. The zero-order valence-corrected chi connectivity index (χ0v) is 21.5. The number of carboxylic acid groups (broad SMARTS) is 1. The second-order valence-electron chi connectivity index (χ2n) is 9.01. The fourth-order valence-electron chi connectivity index (χ4n) is 3.44. The lowest BCUT2D eigenvalue weighted by Gasteiger charge is -2.26. The van der Waals surface area contributed by atoms with Gasteiger partial charge in [0.05, 0.1) is 6.04 Å². The van der Waals surface area contributed by atoms with Crippen molar-refractivity contribution in [3.63, 3.8) is 0 Å². The van der Waals surface area contributed by atoms with Gasteiger partial charge in [-0.3, -0.25) is 19.2 Å². The molecule has 0 aromatic rings. The number of carboxylic acids is 1. The van der Waals surface area contributed by atoms with Crippen LogP contribution >= 0.6 is 0 Å². The van der Waals surface area contributed by atoms with E-state index in [0.717, 1.165) is 0 Å². The Hall–Kier alpha value is -2.77. The number of primary amides is 1. The molecule has 0 aliphatic rings. The second-order valence-corrected chi connectivity index (χ2v) is 9.01. The highest BCUT2D eigenvalue weighted by molar-refractivity contribution is 5.94. The summed E-state index contributed by atoms with van der Waals surface area (Å²) in [5.74, 6) is -3.95. The van der Waals surface area contributed by atoms with E-state index in [0.29, 0.717) is 45.2 Å². The summed E-state index contributed by atoms with van der Waals surface area (Å²) in [5.41, 5.74) is 22.0. The van der Waals surface area contributed by atoms with Gasteiger partial charge in [0.1, 0.15) is 18.1 Å². The fraction of sp³-hybridized carbons (Fsp3) is 0.783. The summed E-state index contributed by atoms with van der Waals surface area (Å²) in [6.07, 6.45) is 3.25. The van der Waals surface area contributed by atoms with E-state index < -0.39 is 53.8 Å². The van der Waals surface area contributed by atoms with Crippen LogP contribution in [-0.2, 0) is 24.0 Å². The van der Waals surface area contributed by atoms with Gasteiger partial charge in [-0.1, -0.05) is 20.3 Å². The van der Waals surface area contributed by atoms with Crippen molar-refractivity contribution in [1.29, 1.82) is 0 Å². The van der Waals surface area contributed by atoms with Crippen LogP contribution in [0.15, 0.2) is 0 Å². The smallest absolute Gasteiger partial charge is 0.326 e. The molecule has 0 heterocycles. The monoisotopic (exact) mass is 515 g/mol. The van der Waals surface area contributed by atoms with Crippen molar-refractivity contribution in [2.75, 3.05) is 13.1 Å². The standard InChI is InChI=1S/C23H45N7O6/c1-3-14(2)19(23(35)36)30-22(34)17(9-5-7-13-25)29-21(33)16(8-4-6-12-24)28-20(32)15(26)10-11-18(27)31/h14-17,19H,3-13,24-26H2,1-2H3,(H2,27,31)(H,28,32)(H,29,33)(H,30,34)(H,35,36). The average molecular weight is 516 g/mol. The lowest BCUT2D eigenvalue weighted by Crippen LogP contribution is -2.57. The molecule has 5 atom stereocenters. The van der Waals surface area contributed by atoms with Crippen LogP contribution < -0.4 is 38.9 Å². The Kier molecular flexibility index (Phi) is 17.1.